The highest BCUT2D eigenvalue weighted by molar-refractivity contribution is 5.81. The van der Waals surface area contributed by atoms with Crippen LogP contribution in [0.15, 0.2) is 36.5 Å². The topological polar surface area (TPSA) is 22.1 Å². The van der Waals surface area contributed by atoms with Crippen molar-refractivity contribution in [3.63, 3.8) is 0 Å². The van der Waals surface area contributed by atoms with Crippen LogP contribution in [0.5, 0.6) is 0 Å². The number of aromatic nitrogens is 1. The summed E-state index contributed by atoms with van der Waals surface area (Å²) in [4.78, 5) is 4.32. The lowest BCUT2D eigenvalue weighted by Crippen LogP contribution is -1.90. The summed E-state index contributed by atoms with van der Waals surface area (Å²) in [5.41, 5.74) is 2.17. The monoisotopic (exact) mass is 203 g/mol. The van der Waals surface area contributed by atoms with Gasteiger partial charge >= 0.3 is 0 Å². The van der Waals surface area contributed by atoms with Crippen molar-refractivity contribution in [3.05, 3.63) is 42.1 Å². The first-order chi connectivity index (χ1) is 7.42. The SMILES string of the molecule is CC.COCc1cccc2cccnc12. The Balaban J connectivity index is 0.000000531. The molecule has 2 nitrogen and oxygen atoms in total. The maximum Gasteiger partial charge on any atom is 0.0757 e. The highest BCUT2D eigenvalue weighted by Crippen LogP contribution is 2.15. The summed E-state index contributed by atoms with van der Waals surface area (Å²) in [6.07, 6.45) is 1.81. The van der Waals surface area contributed by atoms with Crippen LogP contribution >= 0.6 is 0 Å². The second-order valence-corrected chi connectivity index (χ2v) is 2.93. The number of hydrogen-bond donors (Lipinski definition) is 0. The first-order valence-electron chi connectivity index (χ1n) is 5.23. The van der Waals surface area contributed by atoms with E-state index in [2.05, 4.69) is 17.1 Å². The molecule has 0 N–H and O–H groups in total. The molecule has 80 valence electrons. The molecule has 0 amide bonds. The largest absolute Gasteiger partial charge is 0.380 e. The van der Waals surface area contributed by atoms with Gasteiger partial charge in [-0.25, -0.2) is 0 Å². The molecule has 0 radical (unpaired) electrons. The van der Waals surface area contributed by atoms with Gasteiger partial charge < -0.3 is 4.74 Å². The van der Waals surface area contributed by atoms with Crippen molar-refractivity contribution < 1.29 is 4.74 Å². The van der Waals surface area contributed by atoms with Gasteiger partial charge in [-0.2, -0.15) is 0 Å². The first kappa shape index (κ1) is 11.7. The van der Waals surface area contributed by atoms with Gasteiger partial charge in [-0.1, -0.05) is 38.1 Å². The molecule has 1 aromatic heterocycles. The Labute approximate surface area is 90.9 Å². The number of ether oxygens (including phenoxy) is 1. The number of rotatable bonds is 2. The zero-order valence-electron chi connectivity index (χ0n) is 9.53. The number of fused-ring (bicyclic) bond motifs is 1. The van der Waals surface area contributed by atoms with Crippen molar-refractivity contribution in [1.82, 2.24) is 4.98 Å². The summed E-state index contributed by atoms with van der Waals surface area (Å²) in [5.74, 6) is 0. The molecule has 0 aliphatic carbocycles. The molecule has 0 bridgehead atoms. The van der Waals surface area contributed by atoms with Gasteiger partial charge in [0.15, 0.2) is 0 Å². The van der Waals surface area contributed by atoms with E-state index in [4.69, 9.17) is 4.74 Å². The van der Waals surface area contributed by atoms with E-state index in [1.54, 1.807) is 7.11 Å². The van der Waals surface area contributed by atoms with Crippen LogP contribution in [0.3, 0.4) is 0 Å². The maximum absolute atomic E-state index is 5.10. The number of hydrogen-bond acceptors (Lipinski definition) is 2. The normalized spacial score (nSPS) is 9.53. The molecular weight excluding hydrogens is 186 g/mol. The van der Waals surface area contributed by atoms with E-state index in [9.17, 15) is 0 Å². The lowest BCUT2D eigenvalue weighted by molar-refractivity contribution is 0.186. The summed E-state index contributed by atoms with van der Waals surface area (Å²) in [6.45, 7) is 4.62. The Morgan fingerprint density at radius 2 is 1.87 bits per heavy atom. The van der Waals surface area contributed by atoms with E-state index in [1.807, 2.05) is 38.2 Å². The van der Waals surface area contributed by atoms with Crippen LogP contribution in [-0.2, 0) is 11.3 Å². The van der Waals surface area contributed by atoms with Crippen molar-refractivity contribution >= 4 is 10.9 Å². The minimum absolute atomic E-state index is 0.619. The fourth-order valence-electron chi connectivity index (χ4n) is 1.44. The lowest BCUT2D eigenvalue weighted by atomic mass is 10.1. The molecule has 0 saturated carbocycles. The highest BCUT2D eigenvalue weighted by Gasteiger charge is 1.99. The zero-order chi connectivity index (χ0) is 11.1. The van der Waals surface area contributed by atoms with Crippen LogP contribution in [0.25, 0.3) is 10.9 Å². The van der Waals surface area contributed by atoms with E-state index in [1.165, 1.54) is 0 Å². The fourth-order valence-corrected chi connectivity index (χ4v) is 1.44. The van der Waals surface area contributed by atoms with Crippen LogP contribution in [0, 0.1) is 0 Å². The first-order valence-corrected chi connectivity index (χ1v) is 5.23. The van der Waals surface area contributed by atoms with Crippen molar-refractivity contribution in [1.29, 1.82) is 0 Å². The summed E-state index contributed by atoms with van der Waals surface area (Å²) >= 11 is 0. The molecule has 2 rings (SSSR count). The van der Waals surface area contributed by atoms with Gasteiger partial charge in [0.2, 0.25) is 0 Å². The quantitative estimate of drug-likeness (QED) is 0.746. The number of para-hydroxylation sites is 1. The number of benzene rings is 1. The second kappa shape index (κ2) is 6.14. The minimum atomic E-state index is 0.619. The third-order valence-corrected chi connectivity index (χ3v) is 2.02. The molecule has 0 aliphatic rings. The molecule has 1 aromatic carbocycles. The van der Waals surface area contributed by atoms with Crippen LogP contribution < -0.4 is 0 Å². The molecule has 15 heavy (non-hydrogen) atoms. The molecule has 0 spiro atoms. The smallest absolute Gasteiger partial charge is 0.0757 e. The van der Waals surface area contributed by atoms with Crippen LogP contribution in [-0.4, -0.2) is 12.1 Å². The van der Waals surface area contributed by atoms with E-state index < -0.39 is 0 Å². The standard InChI is InChI=1S/C11H11NO.C2H6/c1-13-8-10-5-2-4-9-6-3-7-12-11(9)10;1-2/h2-7H,8H2,1H3;1-2H3. The van der Waals surface area contributed by atoms with E-state index in [-0.39, 0.29) is 0 Å². The van der Waals surface area contributed by atoms with Crippen LogP contribution in [0.4, 0.5) is 0 Å². The molecule has 0 atom stereocenters. The van der Waals surface area contributed by atoms with E-state index in [0.717, 1.165) is 16.5 Å². The van der Waals surface area contributed by atoms with E-state index in [0.29, 0.717) is 6.61 Å². The predicted octanol–water partition coefficient (Wildman–Crippen LogP) is 3.41. The van der Waals surface area contributed by atoms with Crippen molar-refractivity contribution in [2.24, 2.45) is 0 Å². The second-order valence-electron chi connectivity index (χ2n) is 2.93. The molecule has 0 saturated heterocycles. The van der Waals surface area contributed by atoms with Gasteiger partial charge in [-0.15, -0.1) is 0 Å². The van der Waals surface area contributed by atoms with E-state index >= 15 is 0 Å². The van der Waals surface area contributed by atoms with Crippen molar-refractivity contribution in [3.8, 4) is 0 Å². The Morgan fingerprint density at radius 3 is 2.60 bits per heavy atom. The Morgan fingerprint density at radius 1 is 1.13 bits per heavy atom. The van der Waals surface area contributed by atoms with Crippen LogP contribution in [0.1, 0.15) is 19.4 Å². The third kappa shape index (κ3) is 2.77. The molecule has 2 heteroatoms. The summed E-state index contributed by atoms with van der Waals surface area (Å²) < 4.78 is 5.10. The number of nitrogens with zero attached hydrogens (tertiary/aromatic N) is 1. The highest BCUT2D eigenvalue weighted by atomic mass is 16.5. The van der Waals surface area contributed by atoms with Gasteiger partial charge in [0, 0.05) is 24.3 Å². The molecular formula is C13H17NO. The minimum Gasteiger partial charge on any atom is -0.380 e. The van der Waals surface area contributed by atoms with Gasteiger partial charge in [0.05, 0.1) is 12.1 Å². The lowest BCUT2D eigenvalue weighted by Gasteiger charge is -2.03. The molecule has 0 fully saturated rings. The molecule has 0 unspecified atom stereocenters. The number of methoxy groups -OCH3 is 1. The Hall–Kier alpha value is -1.41. The summed E-state index contributed by atoms with van der Waals surface area (Å²) in [7, 11) is 1.70. The van der Waals surface area contributed by atoms with Gasteiger partial charge in [-0.05, 0) is 6.07 Å². The molecule has 1 heterocycles. The summed E-state index contributed by atoms with van der Waals surface area (Å²) in [6, 6.07) is 10.1. The average molecular weight is 203 g/mol. The van der Waals surface area contributed by atoms with Crippen molar-refractivity contribution in [2.75, 3.05) is 7.11 Å². The maximum atomic E-state index is 5.10. The predicted molar refractivity (Wildman–Crippen MR) is 63.8 cm³/mol. The fraction of sp³-hybridized carbons (Fsp3) is 0.308. The third-order valence-electron chi connectivity index (χ3n) is 2.02. The Kier molecular flexibility index (Phi) is 4.78. The number of pyridine rings is 1. The average Bonchev–Trinajstić information content (AvgIpc) is 2.33. The van der Waals surface area contributed by atoms with Gasteiger partial charge in [0.1, 0.15) is 0 Å². The molecule has 2 aromatic rings. The van der Waals surface area contributed by atoms with Gasteiger partial charge in [-0.3, -0.25) is 4.98 Å². The Bertz CT molecular complexity index is 407. The van der Waals surface area contributed by atoms with Gasteiger partial charge in [0.25, 0.3) is 0 Å². The molecule has 0 aliphatic heterocycles. The summed E-state index contributed by atoms with van der Waals surface area (Å²) in [5, 5.41) is 1.16. The van der Waals surface area contributed by atoms with Crippen LogP contribution in [0.2, 0.25) is 0 Å². The zero-order valence-corrected chi connectivity index (χ0v) is 9.53. The van der Waals surface area contributed by atoms with Crippen molar-refractivity contribution in [2.45, 2.75) is 20.5 Å².